The number of unbranched alkanes of at least 4 members (excludes halogenated alkanes) is 3. The summed E-state index contributed by atoms with van der Waals surface area (Å²) in [5.74, 6) is 0.768. The van der Waals surface area contributed by atoms with Crippen molar-refractivity contribution in [2.75, 3.05) is 13.2 Å². The summed E-state index contributed by atoms with van der Waals surface area (Å²) in [7, 11) is 0. The molecule has 3 rings (SSSR count). The van der Waals surface area contributed by atoms with Gasteiger partial charge >= 0.3 is 0 Å². The highest BCUT2D eigenvalue weighted by Crippen LogP contribution is 2.27. The number of nitriles is 1. The molecule has 0 aliphatic carbocycles. The molecule has 0 N–H and O–H groups in total. The van der Waals surface area contributed by atoms with Crippen LogP contribution in [0.3, 0.4) is 0 Å². The van der Waals surface area contributed by atoms with E-state index in [9.17, 15) is 0 Å². The van der Waals surface area contributed by atoms with E-state index in [0.717, 1.165) is 55.8 Å². The van der Waals surface area contributed by atoms with Crippen LogP contribution in [0.15, 0.2) is 30.6 Å². The topological polar surface area (TPSA) is 73.0 Å². The Morgan fingerprint density at radius 1 is 1.24 bits per heavy atom. The fourth-order valence-electron chi connectivity index (χ4n) is 2.95. The van der Waals surface area contributed by atoms with Crippen molar-refractivity contribution in [1.82, 2.24) is 14.8 Å². The Morgan fingerprint density at radius 2 is 2.20 bits per heavy atom. The van der Waals surface area contributed by atoms with Crippen molar-refractivity contribution in [2.45, 2.75) is 51.2 Å². The van der Waals surface area contributed by atoms with Crippen LogP contribution in [0.2, 0.25) is 0 Å². The molecule has 1 unspecified atom stereocenters. The van der Waals surface area contributed by atoms with Crippen molar-refractivity contribution in [3.05, 3.63) is 30.6 Å². The molecule has 3 heterocycles. The summed E-state index contributed by atoms with van der Waals surface area (Å²) >= 11 is 0. The van der Waals surface area contributed by atoms with Crippen molar-refractivity contribution >= 4 is 0 Å². The van der Waals surface area contributed by atoms with Gasteiger partial charge in [0.2, 0.25) is 0 Å². The Labute approximate surface area is 148 Å². The fourth-order valence-corrected chi connectivity index (χ4v) is 2.95. The molecule has 25 heavy (non-hydrogen) atoms. The lowest BCUT2D eigenvalue weighted by Crippen LogP contribution is -2.20. The van der Waals surface area contributed by atoms with E-state index in [4.69, 9.17) is 14.7 Å². The summed E-state index contributed by atoms with van der Waals surface area (Å²) in [5.41, 5.74) is 1.84. The van der Waals surface area contributed by atoms with Crippen molar-refractivity contribution in [3.63, 3.8) is 0 Å². The number of hydrogen-bond donors (Lipinski definition) is 0. The molecular weight excluding hydrogens is 316 g/mol. The Hall–Kier alpha value is -2.39. The molecule has 6 nitrogen and oxygen atoms in total. The van der Waals surface area contributed by atoms with Crippen LogP contribution >= 0.6 is 0 Å². The van der Waals surface area contributed by atoms with Crippen molar-refractivity contribution in [1.29, 1.82) is 5.26 Å². The van der Waals surface area contributed by atoms with E-state index in [1.54, 1.807) is 12.4 Å². The zero-order valence-electron chi connectivity index (χ0n) is 14.4. The minimum atomic E-state index is 0.00453. The minimum absolute atomic E-state index is 0.00453. The molecule has 6 heteroatoms. The highest BCUT2D eigenvalue weighted by molar-refractivity contribution is 5.54. The monoisotopic (exact) mass is 340 g/mol. The highest BCUT2D eigenvalue weighted by atomic mass is 16.5. The fraction of sp³-hybridized carbons (Fsp3) is 0.526. The summed E-state index contributed by atoms with van der Waals surface area (Å²) in [6.07, 6.45) is 10.3. The van der Waals surface area contributed by atoms with Crippen LogP contribution in [0.1, 0.15) is 51.2 Å². The van der Waals surface area contributed by atoms with Gasteiger partial charge in [0.25, 0.3) is 0 Å². The maximum absolute atomic E-state index is 8.50. The van der Waals surface area contributed by atoms with Gasteiger partial charge < -0.3 is 9.47 Å². The molecule has 1 fully saturated rings. The third-order valence-corrected chi connectivity index (χ3v) is 4.30. The highest BCUT2D eigenvalue weighted by Gasteiger charge is 2.19. The lowest BCUT2D eigenvalue weighted by atomic mass is 10.2. The first kappa shape index (κ1) is 17.4. The van der Waals surface area contributed by atoms with Gasteiger partial charge in [-0.3, -0.25) is 4.98 Å². The Bertz CT molecular complexity index is 684. The van der Waals surface area contributed by atoms with E-state index >= 15 is 0 Å². The van der Waals surface area contributed by atoms with Gasteiger partial charge in [-0.05, 0) is 56.7 Å². The summed E-state index contributed by atoms with van der Waals surface area (Å²) in [4.78, 5) is 4.52. The van der Waals surface area contributed by atoms with Crippen LogP contribution in [0.5, 0.6) is 5.75 Å². The molecule has 1 aliphatic rings. The van der Waals surface area contributed by atoms with Gasteiger partial charge in [-0.1, -0.05) is 0 Å². The van der Waals surface area contributed by atoms with Crippen LogP contribution < -0.4 is 4.74 Å². The molecule has 2 aromatic heterocycles. The quantitative estimate of drug-likeness (QED) is 0.676. The van der Waals surface area contributed by atoms with Crippen LogP contribution in [0, 0.1) is 11.3 Å². The minimum Gasteiger partial charge on any atom is -0.492 e. The number of aromatic nitrogens is 3. The van der Waals surface area contributed by atoms with Crippen LogP contribution in [0.4, 0.5) is 0 Å². The first-order chi connectivity index (χ1) is 12.4. The first-order valence-corrected chi connectivity index (χ1v) is 9.00. The van der Waals surface area contributed by atoms with Gasteiger partial charge in [0, 0.05) is 19.2 Å². The SMILES string of the molecule is N#CCCCCCOc1ccc(-c2ccnn2C2CCCCO2)nc1. The van der Waals surface area contributed by atoms with E-state index < -0.39 is 0 Å². The van der Waals surface area contributed by atoms with Crippen molar-refractivity contribution in [2.24, 2.45) is 0 Å². The number of nitrogens with zero attached hydrogens (tertiary/aromatic N) is 4. The van der Waals surface area contributed by atoms with E-state index in [2.05, 4.69) is 16.2 Å². The molecule has 2 aromatic rings. The molecule has 1 aliphatic heterocycles. The third-order valence-electron chi connectivity index (χ3n) is 4.30. The summed E-state index contributed by atoms with van der Waals surface area (Å²) in [6.45, 7) is 1.44. The van der Waals surface area contributed by atoms with Crippen molar-refractivity contribution < 1.29 is 9.47 Å². The average molecular weight is 340 g/mol. The van der Waals surface area contributed by atoms with Crippen LogP contribution in [0.25, 0.3) is 11.4 Å². The van der Waals surface area contributed by atoms with E-state index in [0.29, 0.717) is 13.0 Å². The molecule has 0 bridgehead atoms. The lowest BCUT2D eigenvalue weighted by molar-refractivity contribution is -0.0384. The standard InChI is InChI=1S/C19H24N4O2/c20-11-4-1-2-5-13-24-16-8-9-17(21-15-16)18-10-12-22-23(18)19-7-3-6-14-25-19/h8-10,12,15,19H,1-7,13-14H2. The number of ether oxygens (including phenoxy) is 2. The predicted molar refractivity (Wildman–Crippen MR) is 93.9 cm³/mol. The van der Waals surface area contributed by atoms with E-state index in [1.165, 1.54) is 6.42 Å². The second-order valence-corrected chi connectivity index (χ2v) is 6.18. The third kappa shape index (κ3) is 4.80. The van der Waals surface area contributed by atoms with Gasteiger partial charge in [0.05, 0.1) is 30.3 Å². The van der Waals surface area contributed by atoms with Gasteiger partial charge in [0.15, 0.2) is 6.23 Å². The Balaban J connectivity index is 1.56. The second-order valence-electron chi connectivity index (χ2n) is 6.18. The molecule has 1 atom stereocenters. The average Bonchev–Trinajstić information content (AvgIpc) is 3.16. The number of rotatable bonds is 8. The van der Waals surface area contributed by atoms with Crippen molar-refractivity contribution in [3.8, 4) is 23.2 Å². The van der Waals surface area contributed by atoms with Crippen LogP contribution in [-0.2, 0) is 4.74 Å². The number of hydrogen-bond acceptors (Lipinski definition) is 5. The van der Waals surface area contributed by atoms with E-state index in [1.807, 2.05) is 22.9 Å². The molecule has 0 spiro atoms. The zero-order chi connectivity index (χ0) is 17.3. The molecule has 0 saturated carbocycles. The van der Waals surface area contributed by atoms with Gasteiger partial charge in [-0.2, -0.15) is 10.4 Å². The molecule has 0 radical (unpaired) electrons. The van der Waals surface area contributed by atoms with Gasteiger partial charge in [-0.15, -0.1) is 0 Å². The Morgan fingerprint density at radius 3 is 2.96 bits per heavy atom. The largest absolute Gasteiger partial charge is 0.492 e. The smallest absolute Gasteiger partial charge is 0.150 e. The summed E-state index contributed by atoms with van der Waals surface area (Å²) in [6, 6.07) is 8.03. The first-order valence-electron chi connectivity index (χ1n) is 9.00. The Kier molecular flexibility index (Phi) is 6.41. The molecule has 1 saturated heterocycles. The maximum atomic E-state index is 8.50. The predicted octanol–water partition coefficient (Wildman–Crippen LogP) is 4.11. The summed E-state index contributed by atoms with van der Waals surface area (Å²) < 4.78 is 13.5. The zero-order valence-corrected chi connectivity index (χ0v) is 14.4. The molecule has 0 aromatic carbocycles. The summed E-state index contributed by atoms with van der Waals surface area (Å²) in [5, 5.41) is 12.9. The van der Waals surface area contributed by atoms with Gasteiger partial charge in [-0.25, -0.2) is 4.68 Å². The number of pyridine rings is 1. The molecular formula is C19H24N4O2. The molecule has 132 valence electrons. The maximum Gasteiger partial charge on any atom is 0.150 e. The van der Waals surface area contributed by atoms with E-state index in [-0.39, 0.29) is 6.23 Å². The molecule has 0 amide bonds. The second kappa shape index (κ2) is 9.19. The lowest BCUT2D eigenvalue weighted by Gasteiger charge is -2.24. The van der Waals surface area contributed by atoms with Gasteiger partial charge in [0.1, 0.15) is 5.75 Å². The van der Waals surface area contributed by atoms with Crippen LogP contribution in [-0.4, -0.2) is 28.0 Å². The normalized spacial score (nSPS) is 17.2.